The van der Waals surface area contributed by atoms with Gasteiger partial charge >= 0.3 is 5.97 Å². The lowest BCUT2D eigenvalue weighted by Gasteiger charge is -2.22. The summed E-state index contributed by atoms with van der Waals surface area (Å²) < 4.78 is 19.1. The predicted molar refractivity (Wildman–Crippen MR) is 107 cm³/mol. The molecule has 9 heteroatoms. The van der Waals surface area contributed by atoms with E-state index >= 15 is 0 Å². The Morgan fingerprint density at radius 3 is 2.69 bits per heavy atom. The van der Waals surface area contributed by atoms with Gasteiger partial charge in [0.2, 0.25) is 5.91 Å². The van der Waals surface area contributed by atoms with Gasteiger partial charge in [0.25, 0.3) is 0 Å². The third kappa shape index (κ3) is 5.86. The Bertz CT molecular complexity index is 978. The number of esters is 1. The summed E-state index contributed by atoms with van der Waals surface area (Å²) in [5, 5.41) is 18.6. The van der Waals surface area contributed by atoms with Gasteiger partial charge < -0.3 is 15.8 Å². The van der Waals surface area contributed by atoms with Crippen LogP contribution in [0.15, 0.2) is 30.3 Å². The van der Waals surface area contributed by atoms with Crippen LogP contribution in [0.2, 0.25) is 0 Å². The molecular weight excluding hydrogens is 395 g/mol. The molecule has 2 rings (SSSR count). The Morgan fingerprint density at radius 2 is 2.07 bits per heavy atom. The second-order valence-electron chi connectivity index (χ2n) is 6.94. The second-order valence-corrected chi connectivity index (χ2v) is 8.11. The number of carbonyl (C=O) groups excluding carboxylic acids is 2. The van der Waals surface area contributed by atoms with Crippen molar-refractivity contribution in [3.8, 4) is 11.8 Å². The molecule has 0 bridgehead atoms. The van der Waals surface area contributed by atoms with Crippen LogP contribution in [0.25, 0.3) is 0 Å². The Morgan fingerprint density at radius 1 is 1.34 bits per heavy atom. The second kappa shape index (κ2) is 9.30. The summed E-state index contributed by atoms with van der Waals surface area (Å²) in [6.07, 6.45) is 0.631. The number of nitrogen functional groups attached to an aromatic ring is 1. The Balaban J connectivity index is 2.04. The van der Waals surface area contributed by atoms with Crippen LogP contribution >= 0.6 is 11.3 Å². The first kappa shape index (κ1) is 22.0. The molecule has 0 spiro atoms. The fourth-order valence-corrected chi connectivity index (χ4v) is 3.58. The number of hydrogen-bond acceptors (Lipinski definition) is 6. The molecule has 0 aliphatic carbocycles. The maximum absolute atomic E-state index is 14.0. The van der Waals surface area contributed by atoms with Crippen molar-refractivity contribution in [2.45, 2.75) is 26.7 Å². The maximum Gasteiger partial charge on any atom is 0.353 e. The van der Waals surface area contributed by atoms with Crippen LogP contribution in [0.4, 0.5) is 4.39 Å². The van der Waals surface area contributed by atoms with E-state index in [-0.39, 0.29) is 40.9 Å². The lowest BCUT2D eigenvalue weighted by molar-refractivity contribution is -0.129. The number of nitrogens with zero attached hydrogens (tertiary/aromatic N) is 1. The summed E-state index contributed by atoms with van der Waals surface area (Å²) in [5.41, 5.74) is 4.77. The lowest BCUT2D eigenvalue weighted by atomic mass is 9.87. The van der Waals surface area contributed by atoms with Crippen molar-refractivity contribution in [1.29, 1.82) is 10.7 Å². The van der Waals surface area contributed by atoms with Gasteiger partial charge in [0.05, 0.1) is 12.5 Å². The molecule has 4 N–H and O–H groups in total. The molecule has 0 unspecified atom stereocenters. The predicted octanol–water partition coefficient (Wildman–Crippen LogP) is 2.99. The maximum atomic E-state index is 14.0. The zero-order valence-corrected chi connectivity index (χ0v) is 16.9. The van der Waals surface area contributed by atoms with Crippen molar-refractivity contribution in [2.75, 3.05) is 6.54 Å². The average Bonchev–Trinajstić information content (AvgIpc) is 3.11. The number of nitrogens with one attached hydrogen (secondary N) is 2. The van der Waals surface area contributed by atoms with Crippen molar-refractivity contribution in [2.24, 2.45) is 11.1 Å². The van der Waals surface area contributed by atoms with E-state index in [1.807, 2.05) is 6.07 Å². The van der Waals surface area contributed by atoms with E-state index in [1.54, 1.807) is 26.0 Å². The van der Waals surface area contributed by atoms with Crippen LogP contribution in [0.5, 0.6) is 5.75 Å². The summed E-state index contributed by atoms with van der Waals surface area (Å²) in [6, 6.07) is 8.91. The molecule has 7 nitrogen and oxygen atoms in total. The van der Waals surface area contributed by atoms with Gasteiger partial charge in [0.1, 0.15) is 10.7 Å². The van der Waals surface area contributed by atoms with E-state index in [4.69, 9.17) is 21.1 Å². The first-order valence-electron chi connectivity index (χ1n) is 8.74. The van der Waals surface area contributed by atoms with Crippen molar-refractivity contribution < 1.29 is 18.7 Å². The van der Waals surface area contributed by atoms with Crippen molar-refractivity contribution in [1.82, 2.24) is 5.32 Å². The monoisotopic (exact) mass is 416 g/mol. The number of amidine groups is 1. The van der Waals surface area contributed by atoms with Gasteiger partial charge in [-0.15, -0.1) is 11.3 Å². The highest BCUT2D eigenvalue weighted by Gasteiger charge is 2.28. The van der Waals surface area contributed by atoms with Gasteiger partial charge in [-0.1, -0.05) is 13.8 Å². The molecule has 0 atom stereocenters. The van der Waals surface area contributed by atoms with E-state index in [0.29, 0.717) is 6.42 Å². The van der Waals surface area contributed by atoms with Crippen molar-refractivity contribution in [3.63, 3.8) is 0 Å². The Kier molecular flexibility index (Phi) is 7.07. The number of nitrogens with two attached hydrogens (primary N) is 1. The highest BCUT2D eigenvalue weighted by Crippen LogP contribution is 2.28. The molecule has 1 amide bonds. The fourth-order valence-electron chi connectivity index (χ4n) is 2.47. The molecule has 1 heterocycles. The SMILES string of the molecule is CC(C)(Cc1ccc(C(=O)Oc2ccc(C(=N)N)cc2F)s1)C(=O)NCCC#N. The number of thiophene rings is 1. The molecule has 29 heavy (non-hydrogen) atoms. The summed E-state index contributed by atoms with van der Waals surface area (Å²) >= 11 is 1.16. The van der Waals surface area contributed by atoms with Crippen LogP contribution in [-0.2, 0) is 11.2 Å². The highest BCUT2D eigenvalue weighted by molar-refractivity contribution is 7.13. The number of benzene rings is 1. The number of hydrogen-bond donors (Lipinski definition) is 3. The summed E-state index contributed by atoms with van der Waals surface area (Å²) in [4.78, 5) is 25.7. The minimum atomic E-state index is -0.794. The molecule has 1 aromatic carbocycles. The zero-order valence-electron chi connectivity index (χ0n) is 16.0. The van der Waals surface area contributed by atoms with Crippen LogP contribution in [0, 0.1) is 28.0 Å². The first-order chi connectivity index (χ1) is 13.6. The normalized spacial score (nSPS) is 10.8. The number of rotatable bonds is 8. The molecule has 0 aliphatic heterocycles. The molecule has 0 aliphatic rings. The molecule has 0 fully saturated rings. The number of amides is 1. The van der Waals surface area contributed by atoms with E-state index in [0.717, 1.165) is 22.3 Å². The van der Waals surface area contributed by atoms with Gasteiger partial charge in [0, 0.05) is 22.4 Å². The molecule has 0 saturated heterocycles. The van der Waals surface area contributed by atoms with Crippen molar-refractivity contribution in [3.05, 3.63) is 51.5 Å². The largest absolute Gasteiger partial charge is 0.419 e. The third-order valence-electron chi connectivity index (χ3n) is 4.06. The molecule has 1 aromatic heterocycles. The summed E-state index contributed by atoms with van der Waals surface area (Å²) in [7, 11) is 0. The number of nitriles is 1. The topological polar surface area (TPSA) is 129 Å². The molecule has 0 radical (unpaired) electrons. The fraction of sp³-hybridized carbons (Fsp3) is 0.300. The Labute approximate surface area is 171 Å². The minimum Gasteiger partial charge on any atom is -0.419 e. The van der Waals surface area contributed by atoms with Gasteiger partial charge in [0.15, 0.2) is 11.6 Å². The number of carbonyl (C=O) groups is 2. The zero-order chi connectivity index (χ0) is 21.6. The quantitative estimate of drug-likeness (QED) is 0.200. The standard InChI is InChI=1S/C20H21FN4O3S/c1-20(2,19(27)25-9-3-8-22)11-13-5-7-16(29-13)18(26)28-15-6-4-12(17(23)24)10-14(15)21/h4-7,10H,3,9,11H2,1-2H3,(H3,23,24)(H,25,27). The molecule has 152 valence electrons. The van der Waals surface area contributed by atoms with Gasteiger partial charge in [-0.3, -0.25) is 10.2 Å². The summed E-state index contributed by atoms with van der Waals surface area (Å²) in [5.74, 6) is -2.24. The van der Waals surface area contributed by atoms with Gasteiger partial charge in [-0.05, 0) is 36.8 Å². The lowest BCUT2D eigenvalue weighted by Crippen LogP contribution is -2.38. The average molecular weight is 416 g/mol. The van der Waals surface area contributed by atoms with E-state index in [9.17, 15) is 14.0 Å². The minimum absolute atomic E-state index is 0.182. The van der Waals surface area contributed by atoms with Crippen LogP contribution in [0.3, 0.4) is 0 Å². The number of ether oxygens (including phenoxy) is 1. The first-order valence-corrected chi connectivity index (χ1v) is 9.56. The smallest absolute Gasteiger partial charge is 0.353 e. The number of halogens is 1. The third-order valence-corrected chi connectivity index (χ3v) is 5.13. The van der Waals surface area contributed by atoms with Crippen molar-refractivity contribution >= 4 is 29.0 Å². The van der Waals surface area contributed by atoms with Gasteiger partial charge in [-0.2, -0.15) is 5.26 Å². The van der Waals surface area contributed by atoms with Crippen LogP contribution in [0.1, 0.15) is 40.4 Å². The van der Waals surface area contributed by atoms with Gasteiger partial charge in [-0.25, -0.2) is 9.18 Å². The van der Waals surface area contributed by atoms with E-state index in [1.165, 1.54) is 12.1 Å². The summed E-state index contributed by atoms with van der Waals surface area (Å²) in [6.45, 7) is 3.84. The van der Waals surface area contributed by atoms with E-state index in [2.05, 4.69) is 5.32 Å². The van der Waals surface area contributed by atoms with Crippen LogP contribution < -0.4 is 15.8 Å². The Hall–Kier alpha value is -3.25. The van der Waals surface area contributed by atoms with E-state index < -0.39 is 17.2 Å². The molecule has 0 saturated carbocycles. The molecule has 2 aromatic rings. The molecular formula is C20H21FN4O3S. The highest BCUT2D eigenvalue weighted by atomic mass is 32.1. The van der Waals surface area contributed by atoms with Crippen LogP contribution in [-0.4, -0.2) is 24.3 Å².